The van der Waals surface area contributed by atoms with E-state index in [0.717, 1.165) is 38.3 Å². The average Bonchev–Trinajstić information content (AvgIpc) is 3.03. The molecule has 6 nitrogen and oxygen atoms in total. The van der Waals surface area contributed by atoms with Crippen LogP contribution in [-0.4, -0.2) is 31.2 Å². The zero-order valence-corrected chi connectivity index (χ0v) is 13.5. The smallest absolute Gasteiger partial charge is 0.220 e. The molecule has 0 saturated carbocycles. The molecule has 24 heavy (non-hydrogen) atoms. The summed E-state index contributed by atoms with van der Waals surface area (Å²) in [6, 6.07) is 10.4. The average molecular weight is 320 g/mol. The van der Waals surface area contributed by atoms with Gasteiger partial charge < -0.3 is 5.73 Å². The summed E-state index contributed by atoms with van der Waals surface area (Å²) in [5.41, 5.74) is 10.4. The SMILES string of the molecule is Nc1ncc2c(n1)CCN(Cc1cnn(Cc3ccccc3)c1)C2. The maximum atomic E-state index is 5.66. The molecule has 0 unspecified atom stereocenters. The predicted molar refractivity (Wildman–Crippen MR) is 92.0 cm³/mol. The molecule has 4 rings (SSSR count). The van der Waals surface area contributed by atoms with Gasteiger partial charge in [0.25, 0.3) is 0 Å². The molecule has 0 radical (unpaired) electrons. The molecular formula is C18H20N6. The van der Waals surface area contributed by atoms with Crippen molar-refractivity contribution in [3.63, 3.8) is 0 Å². The maximum absolute atomic E-state index is 5.66. The minimum absolute atomic E-state index is 0.365. The minimum atomic E-state index is 0.365. The van der Waals surface area contributed by atoms with E-state index in [0.29, 0.717) is 5.95 Å². The minimum Gasteiger partial charge on any atom is -0.368 e. The van der Waals surface area contributed by atoms with E-state index in [-0.39, 0.29) is 0 Å². The lowest BCUT2D eigenvalue weighted by Gasteiger charge is -2.27. The van der Waals surface area contributed by atoms with Crippen LogP contribution in [0, 0.1) is 0 Å². The highest BCUT2D eigenvalue weighted by atomic mass is 15.3. The summed E-state index contributed by atoms with van der Waals surface area (Å²) in [6.45, 7) is 3.53. The van der Waals surface area contributed by atoms with Gasteiger partial charge in [-0.25, -0.2) is 9.97 Å². The Morgan fingerprint density at radius 3 is 2.79 bits per heavy atom. The lowest BCUT2D eigenvalue weighted by molar-refractivity contribution is 0.243. The van der Waals surface area contributed by atoms with Gasteiger partial charge in [-0.2, -0.15) is 5.10 Å². The molecule has 0 bridgehead atoms. The molecule has 122 valence electrons. The third-order valence-electron chi connectivity index (χ3n) is 4.31. The summed E-state index contributed by atoms with van der Waals surface area (Å²) in [4.78, 5) is 10.8. The summed E-state index contributed by atoms with van der Waals surface area (Å²) in [5.74, 6) is 0.365. The van der Waals surface area contributed by atoms with E-state index >= 15 is 0 Å². The largest absolute Gasteiger partial charge is 0.368 e. The van der Waals surface area contributed by atoms with Crippen LogP contribution in [0.1, 0.15) is 22.4 Å². The Morgan fingerprint density at radius 1 is 1.04 bits per heavy atom. The van der Waals surface area contributed by atoms with Gasteiger partial charge in [0, 0.05) is 49.6 Å². The Hall–Kier alpha value is -2.73. The van der Waals surface area contributed by atoms with Crippen LogP contribution < -0.4 is 5.73 Å². The van der Waals surface area contributed by atoms with Crippen molar-refractivity contribution in [3.05, 3.63) is 71.3 Å². The van der Waals surface area contributed by atoms with Crippen molar-refractivity contribution in [1.82, 2.24) is 24.6 Å². The monoisotopic (exact) mass is 320 g/mol. The first kappa shape index (κ1) is 14.8. The number of anilines is 1. The van der Waals surface area contributed by atoms with Crippen LogP contribution in [0.3, 0.4) is 0 Å². The van der Waals surface area contributed by atoms with Crippen molar-refractivity contribution in [2.24, 2.45) is 0 Å². The van der Waals surface area contributed by atoms with Crippen LogP contribution in [0.25, 0.3) is 0 Å². The Kier molecular flexibility index (Phi) is 3.96. The van der Waals surface area contributed by atoms with Gasteiger partial charge in [-0.3, -0.25) is 9.58 Å². The molecule has 1 aliphatic heterocycles. The molecule has 3 aromatic rings. The van der Waals surface area contributed by atoms with E-state index in [1.165, 1.54) is 16.7 Å². The lowest BCUT2D eigenvalue weighted by atomic mass is 10.1. The second-order valence-electron chi connectivity index (χ2n) is 6.19. The van der Waals surface area contributed by atoms with Gasteiger partial charge in [0.05, 0.1) is 18.4 Å². The van der Waals surface area contributed by atoms with E-state index < -0.39 is 0 Å². The quantitative estimate of drug-likeness (QED) is 0.794. The molecule has 0 saturated heterocycles. The first-order chi connectivity index (χ1) is 11.8. The summed E-state index contributed by atoms with van der Waals surface area (Å²) >= 11 is 0. The summed E-state index contributed by atoms with van der Waals surface area (Å²) in [5, 5.41) is 4.48. The fourth-order valence-corrected chi connectivity index (χ4v) is 3.13. The highest BCUT2D eigenvalue weighted by Gasteiger charge is 2.18. The molecule has 0 atom stereocenters. The second kappa shape index (κ2) is 6.41. The first-order valence-electron chi connectivity index (χ1n) is 8.14. The third kappa shape index (κ3) is 3.28. The van der Waals surface area contributed by atoms with E-state index in [1.54, 1.807) is 0 Å². The van der Waals surface area contributed by atoms with E-state index in [4.69, 9.17) is 5.73 Å². The van der Waals surface area contributed by atoms with Crippen molar-refractivity contribution in [3.8, 4) is 0 Å². The van der Waals surface area contributed by atoms with Crippen LogP contribution in [0.2, 0.25) is 0 Å². The molecule has 2 aromatic heterocycles. The van der Waals surface area contributed by atoms with E-state index in [2.05, 4.69) is 50.4 Å². The Labute approximate surface area is 141 Å². The van der Waals surface area contributed by atoms with Crippen LogP contribution in [0.4, 0.5) is 5.95 Å². The zero-order chi connectivity index (χ0) is 16.4. The molecule has 0 fully saturated rings. The molecule has 0 spiro atoms. The predicted octanol–water partition coefficient (Wildman–Crippen LogP) is 1.86. The Morgan fingerprint density at radius 2 is 1.92 bits per heavy atom. The van der Waals surface area contributed by atoms with Gasteiger partial charge in [0.2, 0.25) is 5.95 Å². The number of nitrogens with zero attached hydrogens (tertiary/aromatic N) is 5. The van der Waals surface area contributed by atoms with Crippen LogP contribution in [0.15, 0.2) is 48.9 Å². The first-order valence-corrected chi connectivity index (χ1v) is 8.14. The lowest BCUT2D eigenvalue weighted by Crippen LogP contribution is -2.30. The summed E-state index contributed by atoms with van der Waals surface area (Å²) in [6.07, 6.45) is 6.85. The standard InChI is InChI=1S/C18H20N6/c19-18-20-9-16-13-23(7-6-17(16)22-18)10-15-8-21-24(12-15)11-14-4-2-1-3-5-14/h1-5,8-9,12H,6-7,10-11,13H2,(H2,19,20,22). The van der Waals surface area contributed by atoms with Crippen molar-refractivity contribution >= 4 is 5.95 Å². The fraction of sp³-hybridized carbons (Fsp3) is 0.278. The zero-order valence-electron chi connectivity index (χ0n) is 13.5. The number of benzene rings is 1. The fourth-order valence-electron chi connectivity index (χ4n) is 3.13. The maximum Gasteiger partial charge on any atom is 0.220 e. The molecule has 0 amide bonds. The molecule has 6 heteroatoms. The molecule has 3 heterocycles. The second-order valence-corrected chi connectivity index (χ2v) is 6.19. The third-order valence-corrected chi connectivity index (χ3v) is 4.31. The molecule has 1 aromatic carbocycles. The van der Waals surface area contributed by atoms with Gasteiger partial charge in [0.15, 0.2) is 0 Å². The van der Waals surface area contributed by atoms with E-state index in [1.807, 2.05) is 23.1 Å². The van der Waals surface area contributed by atoms with Crippen LogP contribution >= 0.6 is 0 Å². The van der Waals surface area contributed by atoms with Gasteiger partial charge in [0.1, 0.15) is 0 Å². The molecular weight excluding hydrogens is 300 g/mol. The van der Waals surface area contributed by atoms with Crippen molar-refractivity contribution in [2.45, 2.75) is 26.1 Å². The highest BCUT2D eigenvalue weighted by molar-refractivity contribution is 5.27. The van der Waals surface area contributed by atoms with Crippen molar-refractivity contribution in [1.29, 1.82) is 0 Å². The summed E-state index contributed by atoms with van der Waals surface area (Å²) < 4.78 is 1.99. The number of nitrogen functional groups attached to an aromatic ring is 1. The number of nitrogens with two attached hydrogens (primary N) is 1. The number of rotatable bonds is 4. The molecule has 0 aliphatic carbocycles. The molecule has 1 aliphatic rings. The van der Waals surface area contributed by atoms with Gasteiger partial charge in [-0.05, 0) is 5.56 Å². The van der Waals surface area contributed by atoms with E-state index in [9.17, 15) is 0 Å². The van der Waals surface area contributed by atoms with Crippen molar-refractivity contribution < 1.29 is 0 Å². The topological polar surface area (TPSA) is 72.9 Å². The Balaban J connectivity index is 1.40. The summed E-state index contributed by atoms with van der Waals surface area (Å²) in [7, 11) is 0. The van der Waals surface area contributed by atoms with Gasteiger partial charge >= 0.3 is 0 Å². The molecule has 2 N–H and O–H groups in total. The highest BCUT2D eigenvalue weighted by Crippen LogP contribution is 2.19. The number of hydrogen-bond donors (Lipinski definition) is 1. The van der Waals surface area contributed by atoms with Crippen LogP contribution in [0.5, 0.6) is 0 Å². The number of aromatic nitrogens is 4. The normalized spacial score (nSPS) is 14.5. The number of hydrogen-bond acceptors (Lipinski definition) is 5. The van der Waals surface area contributed by atoms with Crippen molar-refractivity contribution in [2.75, 3.05) is 12.3 Å². The van der Waals surface area contributed by atoms with Gasteiger partial charge in [-0.15, -0.1) is 0 Å². The van der Waals surface area contributed by atoms with Crippen LogP contribution in [-0.2, 0) is 26.1 Å². The van der Waals surface area contributed by atoms with Gasteiger partial charge in [-0.1, -0.05) is 30.3 Å². The Bertz CT molecular complexity index is 827. The number of fused-ring (bicyclic) bond motifs is 1.